The number of carbonyl (C=O) groups excluding carboxylic acids is 1. The minimum atomic E-state index is -0.414. The van der Waals surface area contributed by atoms with E-state index in [0.29, 0.717) is 18.1 Å². The Balaban J connectivity index is 1.98. The summed E-state index contributed by atoms with van der Waals surface area (Å²) in [5.74, 6) is 1.73. The molecule has 20 heavy (non-hydrogen) atoms. The van der Waals surface area contributed by atoms with E-state index >= 15 is 0 Å². The standard InChI is InChI=1S/C16H19N3O/c1-9-7-17-8-11-13(9)19-14(18-11)16-5-4-10(6-12(16)20)15(16,2)3/h7-8,10H,4-6H2,1-3H3,(H,18,19). The van der Waals surface area contributed by atoms with E-state index in [0.717, 1.165) is 35.3 Å². The summed E-state index contributed by atoms with van der Waals surface area (Å²) < 4.78 is 0. The number of fused-ring (bicyclic) bond motifs is 3. The molecule has 2 bridgehead atoms. The number of carbonyl (C=O) groups is 1. The number of Topliss-reactive ketones (excluding diaryl/α,β-unsaturated/α-hetero) is 1. The lowest BCUT2D eigenvalue weighted by Crippen LogP contribution is -2.41. The van der Waals surface area contributed by atoms with Gasteiger partial charge in [-0.1, -0.05) is 13.8 Å². The van der Waals surface area contributed by atoms with E-state index < -0.39 is 5.41 Å². The van der Waals surface area contributed by atoms with Gasteiger partial charge in [0.15, 0.2) is 0 Å². The number of hydrogen-bond donors (Lipinski definition) is 1. The third-order valence-electron chi connectivity index (χ3n) is 5.88. The number of hydrogen-bond acceptors (Lipinski definition) is 3. The van der Waals surface area contributed by atoms with Crippen LogP contribution in [0.4, 0.5) is 0 Å². The molecule has 1 N–H and O–H groups in total. The minimum Gasteiger partial charge on any atom is -0.340 e. The molecule has 4 rings (SSSR count). The van der Waals surface area contributed by atoms with Gasteiger partial charge in [-0.15, -0.1) is 0 Å². The zero-order chi connectivity index (χ0) is 14.1. The average Bonchev–Trinajstić information content (AvgIpc) is 2.98. The van der Waals surface area contributed by atoms with Gasteiger partial charge < -0.3 is 4.98 Å². The van der Waals surface area contributed by atoms with E-state index in [9.17, 15) is 4.79 Å². The molecule has 0 amide bonds. The summed E-state index contributed by atoms with van der Waals surface area (Å²) in [6.07, 6.45) is 6.39. The average molecular weight is 269 g/mol. The van der Waals surface area contributed by atoms with Crippen molar-refractivity contribution in [2.24, 2.45) is 11.3 Å². The van der Waals surface area contributed by atoms with Gasteiger partial charge in [0, 0.05) is 12.6 Å². The maximum absolute atomic E-state index is 12.7. The highest BCUT2D eigenvalue weighted by Gasteiger charge is 2.66. The predicted molar refractivity (Wildman–Crippen MR) is 76.4 cm³/mol. The van der Waals surface area contributed by atoms with Crippen LogP contribution in [0.5, 0.6) is 0 Å². The first-order valence-electron chi connectivity index (χ1n) is 7.31. The van der Waals surface area contributed by atoms with E-state index in [1.807, 2.05) is 13.1 Å². The molecule has 2 aromatic rings. The summed E-state index contributed by atoms with van der Waals surface area (Å²) in [7, 11) is 0. The molecular formula is C16H19N3O. The smallest absolute Gasteiger partial charge is 0.147 e. The summed E-state index contributed by atoms with van der Waals surface area (Å²) in [5, 5.41) is 0. The fraction of sp³-hybridized carbons (Fsp3) is 0.562. The molecule has 0 radical (unpaired) electrons. The second kappa shape index (κ2) is 3.48. The lowest BCUT2D eigenvalue weighted by Gasteiger charge is -2.34. The molecule has 4 heteroatoms. The van der Waals surface area contributed by atoms with Gasteiger partial charge in [0.1, 0.15) is 11.6 Å². The first-order valence-corrected chi connectivity index (χ1v) is 7.31. The SMILES string of the molecule is Cc1cncc2[nH]c(C34CCC(CC3=O)C4(C)C)nc12. The second-order valence-corrected chi connectivity index (χ2v) is 6.93. The van der Waals surface area contributed by atoms with Gasteiger partial charge in [-0.05, 0) is 36.7 Å². The molecule has 2 heterocycles. The molecule has 0 aromatic carbocycles. The Morgan fingerprint density at radius 2 is 2.15 bits per heavy atom. The van der Waals surface area contributed by atoms with Gasteiger partial charge in [0.05, 0.1) is 22.6 Å². The first-order chi connectivity index (χ1) is 9.47. The van der Waals surface area contributed by atoms with Crippen molar-refractivity contribution in [2.45, 2.75) is 45.4 Å². The van der Waals surface area contributed by atoms with Crippen molar-refractivity contribution in [3.05, 3.63) is 23.8 Å². The Labute approximate surface area is 118 Å². The molecule has 2 saturated carbocycles. The third kappa shape index (κ3) is 1.16. The largest absolute Gasteiger partial charge is 0.340 e. The van der Waals surface area contributed by atoms with Gasteiger partial charge in [-0.3, -0.25) is 9.78 Å². The second-order valence-electron chi connectivity index (χ2n) is 6.93. The van der Waals surface area contributed by atoms with Crippen LogP contribution in [0, 0.1) is 18.3 Å². The number of pyridine rings is 1. The summed E-state index contributed by atoms with van der Waals surface area (Å²) >= 11 is 0. The number of ketones is 1. The van der Waals surface area contributed by atoms with Crippen LogP contribution < -0.4 is 0 Å². The zero-order valence-electron chi connectivity index (χ0n) is 12.2. The Morgan fingerprint density at radius 1 is 1.35 bits per heavy atom. The minimum absolute atomic E-state index is 0.000702. The third-order valence-corrected chi connectivity index (χ3v) is 5.88. The highest BCUT2D eigenvalue weighted by Crippen LogP contribution is 2.64. The van der Waals surface area contributed by atoms with E-state index in [4.69, 9.17) is 4.98 Å². The molecule has 0 saturated heterocycles. The van der Waals surface area contributed by atoms with Gasteiger partial charge in [0.2, 0.25) is 0 Å². The number of H-pyrrole nitrogens is 1. The number of imidazole rings is 1. The fourth-order valence-corrected chi connectivity index (χ4v) is 4.50. The Bertz CT molecular complexity index is 730. The Kier molecular flexibility index (Phi) is 2.10. The van der Waals surface area contributed by atoms with Crippen LogP contribution in [-0.2, 0) is 10.2 Å². The molecule has 2 atom stereocenters. The molecule has 2 aliphatic rings. The molecule has 4 nitrogen and oxygen atoms in total. The van der Waals surface area contributed by atoms with Crippen molar-refractivity contribution in [1.29, 1.82) is 0 Å². The number of aromatic nitrogens is 3. The van der Waals surface area contributed by atoms with Crippen LogP contribution >= 0.6 is 0 Å². The Morgan fingerprint density at radius 3 is 2.75 bits per heavy atom. The van der Waals surface area contributed by atoms with Crippen LogP contribution in [0.15, 0.2) is 12.4 Å². The number of nitrogens with one attached hydrogen (secondary N) is 1. The number of aromatic amines is 1. The van der Waals surface area contributed by atoms with Crippen molar-refractivity contribution in [1.82, 2.24) is 15.0 Å². The number of nitrogens with zero attached hydrogens (tertiary/aromatic N) is 2. The quantitative estimate of drug-likeness (QED) is 0.866. The van der Waals surface area contributed by atoms with Crippen LogP contribution in [-0.4, -0.2) is 20.7 Å². The first kappa shape index (κ1) is 12.1. The van der Waals surface area contributed by atoms with Crippen LogP contribution in [0.3, 0.4) is 0 Å². The van der Waals surface area contributed by atoms with Crippen molar-refractivity contribution in [2.75, 3.05) is 0 Å². The number of aryl methyl sites for hydroxylation is 1. The summed E-state index contributed by atoms with van der Waals surface area (Å²) in [5.41, 5.74) is 2.53. The highest BCUT2D eigenvalue weighted by atomic mass is 16.1. The molecule has 2 fully saturated rings. The molecule has 2 aromatic heterocycles. The van der Waals surface area contributed by atoms with Crippen molar-refractivity contribution < 1.29 is 4.79 Å². The maximum Gasteiger partial charge on any atom is 0.147 e. The normalized spacial score (nSPS) is 31.4. The maximum atomic E-state index is 12.7. The van der Waals surface area contributed by atoms with Gasteiger partial charge in [-0.2, -0.15) is 0 Å². The molecule has 104 valence electrons. The van der Waals surface area contributed by atoms with Gasteiger partial charge >= 0.3 is 0 Å². The van der Waals surface area contributed by atoms with Crippen molar-refractivity contribution in [3.63, 3.8) is 0 Å². The topological polar surface area (TPSA) is 58.6 Å². The van der Waals surface area contributed by atoms with Crippen LogP contribution in [0.1, 0.15) is 44.5 Å². The molecule has 2 unspecified atom stereocenters. The van der Waals surface area contributed by atoms with Crippen molar-refractivity contribution >= 4 is 16.8 Å². The Hall–Kier alpha value is -1.71. The fourth-order valence-electron chi connectivity index (χ4n) is 4.50. The van der Waals surface area contributed by atoms with E-state index in [1.54, 1.807) is 6.20 Å². The molecule has 0 spiro atoms. The van der Waals surface area contributed by atoms with E-state index in [-0.39, 0.29) is 5.41 Å². The van der Waals surface area contributed by atoms with E-state index in [1.165, 1.54) is 0 Å². The predicted octanol–water partition coefficient (Wildman–Crippen LogP) is 2.91. The molecule has 0 aliphatic heterocycles. The van der Waals surface area contributed by atoms with Crippen LogP contribution in [0.25, 0.3) is 11.0 Å². The number of rotatable bonds is 1. The van der Waals surface area contributed by atoms with E-state index in [2.05, 4.69) is 23.8 Å². The van der Waals surface area contributed by atoms with Gasteiger partial charge in [-0.25, -0.2) is 4.98 Å². The zero-order valence-corrected chi connectivity index (χ0v) is 12.2. The van der Waals surface area contributed by atoms with Crippen LogP contribution in [0.2, 0.25) is 0 Å². The summed E-state index contributed by atoms with van der Waals surface area (Å²) in [4.78, 5) is 25.1. The van der Waals surface area contributed by atoms with Crippen molar-refractivity contribution in [3.8, 4) is 0 Å². The summed E-state index contributed by atoms with van der Waals surface area (Å²) in [6.45, 7) is 6.47. The molecule has 2 aliphatic carbocycles. The lowest BCUT2D eigenvalue weighted by atomic mass is 9.68. The van der Waals surface area contributed by atoms with Gasteiger partial charge in [0.25, 0.3) is 0 Å². The highest BCUT2D eigenvalue weighted by molar-refractivity contribution is 5.95. The summed E-state index contributed by atoms with van der Waals surface area (Å²) in [6, 6.07) is 0. The molecular weight excluding hydrogens is 250 g/mol. The monoisotopic (exact) mass is 269 g/mol. The lowest BCUT2D eigenvalue weighted by molar-refractivity contribution is -0.124.